The van der Waals surface area contributed by atoms with E-state index in [0.29, 0.717) is 13.0 Å². The standard InChI is InChI=1S/C65H120O9/c1-3-5-7-9-11-13-15-17-19-21-23-25-27-29-31-33-35-37-39-41-43-45-47-49-51-53-55-71-57-59(58-72-65-64(70)63(69)62(68)60(56-66)74-65)73-61(67)54-52-50-48-46-44-42-40-38-36-34-32-30-28-26-24-22-20-18-16-14-12-10-8-6-4-2/h15,17,21-24,27,29,59-60,62-66,68-70H,3-14,16,18-20,25-26,28,30-58H2,1-2H3/b17-15-,23-21-,24-22-,29-27-. The highest BCUT2D eigenvalue weighted by Gasteiger charge is 2.44. The fourth-order valence-electron chi connectivity index (χ4n) is 9.79. The van der Waals surface area contributed by atoms with E-state index in [-0.39, 0.29) is 19.2 Å². The molecule has 0 radical (unpaired) electrons. The van der Waals surface area contributed by atoms with Gasteiger partial charge in [-0.3, -0.25) is 4.79 Å². The summed E-state index contributed by atoms with van der Waals surface area (Å²) >= 11 is 0. The number of allylic oxidation sites excluding steroid dienone is 8. The van der Waals surface area contributed by atoms with E-state index >= 15 is 0 Å². The molecule has 1 rings (SSSR count). The van der Waals surface area contributed by atoms with Crippen LogP contribution in [0.2, 0.25) is 0 Å². The minimum absolute atomic E-state index is 0.113. The summed E-state index contributed by atoms with van der Waals surface area (Å²) in [5.41, 5.74) is 0. The van der Waals surface area contributed by atoms with Gasteiger partial charge in [0.05, 0.1) is 19.8 Å². The van der Waals surface area contributed by atoms with Crippen molar-refractivity contribution in [3.05, 3.63) is 48.6 Å². The molecule has 1 saturated heterocycles. The number of hydrogen-bond acceptors (Lipinski definition) is 9. The average Bonchev–Trinajstić information content (AvgIpc) is 3.40. The molecule has 6 atom stereocenters. The van der Waals surface area contributed by atoms with E-state index in [9.17, 15) is 25.2 Å². The molecule has 434 valence electrons. The quantitative estimate of drug-likeness (QED) is 0.0267. The minimum Gasteiger partial charge on any atom is -0.457 e. The average molecular weight is 1050 g/mol. The molecule has 0 spiro atoms. The van der Waals surface area contributed by atoms with Gasteiger partial charge in [0.25, 0.3) is 0 Å². The molecule has 4 N–H and O–H groups in total. The van der Waals surface area contributed by atoms with Crippen LogP contribution in [0.1, 0.15) is 296 Å². The largest absolute Gasteiger partial charge is 0.457 e. The van der Waals surface area contributed by atoms with Gasteiger partial charge in [-0.2, -0.15) is 0 Å². The Hall–Kier alpha value is -1.85. The fraction of sp³-hybridized carbons (Fsp3) is 0.862. The van der Waals surface area contributed by atoms with Crippen molar-refractivity contribution >= 4 is 5.97 Å². The molecule has 6 unspecified atom stereocenters. The first-order valence-electron chi connectivity index (χ1n) is 31.7. The Kier molecular flexibility index (Phi) is 53.0. The first-order valence-corrected chi connectivity index (χ1v) is 31.7. The van der Waals surface area contributed by atoms with Crippen LogP contribution in [-0.4, -0.2) is 89.6 Å². The summed E-state index contributed by atoms with van der Waals surface area (Å²) in [7, 11) is 0. The van der Waals surface area contributed by atoms with Crippen molar-refractivity contribution in [1.29, 1.82) is 0 Å². The van der Waals surface area contributed by atoms with Gasteiger partial charge in [0.2, 0.25) is 0 Å². The number of carbonyl (C=O) groups is 1. The van der Waals surface area contributed by atoms with Gasteiger partial charge >= 0.3 is 5.97 Å². The molecule has 0 amide bonds. The van der Waals surface area contributed by atoms with Crippen LogP contribution in [0.4, 0.5) is 0 Å². The Balaban J connectivity index is 2.12. The molecular formula is C65H120O9. The van der Waals surface area contributed by atoms with Crippen molar-refractivity contribution in [2.24, 2.45) is 0 Å². The van der Waals surface area contributed by atoms with Crippen molar-refractivity contribution < 1.29 is 44.2 Å². The first-order chi connectivity index (χ1) is 36.4. The third-order valence-electron chi connectivity index (χ3n) is 14.7. The van der Waals surface area contributed by atoms with Crippen molar-refractivity contribution in [1.82, 2.24) is 0 Å². The van der Waals surface area contributed by atoms with E-state index in [4.69, 9.17) is 18.9 Å². The zero-order valence-corrected chi connectivity index (χ0v) is 48.4. The van der Waals surface area contributed by atoms with Gasteiger partial charge in [-0.05, 0) is 77.0 Å². The molecular weight excluding hydrogens is 925 g/mol. The predicted molar refractivity (Wildman–Crippen MR) is 311 cm³/mol. The number of esters is 1. The number of aliphatic hydroxyl groups excluding tert-OH is 4. The van der Waals surface area contributed by atoms with E-state index in [2.05, 4.69) is 62.5 Å². The van der Waals surface area contributed by atoms with Crippen LogP contribution in [0.3, 0.4) is 0 Å². The SMILES string of the molecule is CCCCCCC/C=C\C/C=C\C/C=C\CCCCCCCCCCCCCOCC(COC1OC(CO)C(O)C(O)C1O)OC(=O)CCCCCCCCCCCCCCC/C=C\CCCCCCCCCC. The molecule has 74 heavy (non-hydrogen) atoms. The summed E-state index contributed by atoms with van der Waals surface area (Å²) < 4.78 is 23.0. The summed E-state index contributed by atoms with van der Waals surface area (Å²) in [6.45, 7) is 4.59. The number of rotatable bonds is 56. The van der Waals surface area contributed by atoms with Crippen LogP contribution < -0.4 is 0 Å². The molecule has 0 saturated carbocycles. The summed E-state index contributed by atoms with van der Waals surface area (Å²) in [6, 6.07) is 0. The van der Waals surface area contributed by atoms with Gasteiger partial charge in [0.1, 0.15) is 30.5 Å². The van der Waals surface area contributed by atoms with E-state index in [0.717, 1.165) is 44.9 Å². The predicted octanol–water partition coefficient (Wildman–Crippen LogP) is 17.2. The Morgan fingerprint density at radius 2 is 0.784 bits per heavy atom. The van der Waals surface area contributed by atoms with E-state index in [1.165, 1.54) is 231 Å². The molecule has 9 nitrogen and oxygen atoms in total. The van der Waals surface area contributed by atoms with Crippen LogP contribution >= 0.6 is 0 Å². The maximum Gasteiger partial charge on any atom is 0.306 e. The van der Waals surface area contributed by atoms with Crippen molar-refractivity contribution in [2.75, 3.05) is 26.4 Å². The lowest BCUT2D eigenvalue weighted by molar-refractivity contribution is -0.305. The van der Waals surface area contributed by atoms with E-state index in [1.54, 1.807) is 0 Å². The van der Waals surface area contributed by atoms with Crippen molar-refractivity contribution in [3.8, 4) is 0 Å². The van der Waals surface area contributed by atoms with Gasteiger partial charge in [0, 0.05) is 13.0 Å². The zero-order valence-electron chi connectivity index (χ0n) is 48.4. The van der Waals surface area contributed by atoms with Crippen molar-refractivity contribution in [3.63, 3.8) is 0 Å². The molecule has 9 heteroatoms. The lowest BCUT2D eigenvalue weighted by Gasteiger charge is -2.39. The number of ether oxygens (including phenoxy) is 4. The van der Waals surface area contributed by atoms with Crippen LogP contribution in [0, 0.1) is 0 Å². The smallest absolute Gasteiger partial charge is 0.306 e. The maximum atomic E-state index is 12.9. The molecule has 1 fully saturated rings. The minimum atomic E-state index is -1.54. The van der Waals surface area contributed by atoms with E-state index in [1.807, 2.05) is 0 Å². The Morgan fingerprint density at radius 3 is 1.19 bits per heavy atom. The number of carbonyl (C=O) groups excluding carboxylic acids is 1. The Labute approximate surface area is 456 Å². The van der Waals surface area contributed by atoms with Gasteiger partial charge < -0.3 is 39.4 Å². The lowest BCUT2D eigenvalue weighted by Crippen LogP contribution is -2.59. The monoisotopic (exact) mass is 1040 g/mol. The van der Waals surface area contributed by atoms with Crippen LogP contribution in [0.25, 0.3) is 0 Å². The third kappa shape index (κ3) is 45.2. The van der Waals surface area contributed by atoms with Gasteiger partial charge in [-0.1, -0.05) is 262 Å². The van der Waals surface area contributed by atoms with E-state index < -0.39 is 43.4 Å². The molecule has 1 aliphatic heterocycles. The molecule has 0 aromatic carbocycles. The zero-order chi connectivity index (χ0) is 53.5. The second-order valence-corrected chi connectivity index (χ2v) is 21.9. The van der Waals surface area contributed by atoms with Crippen molar-refractivity contribution in [2.45, 2.75) is 333 Å². The maximum absolute atomic E-state index is 12.9. The Morgan fingerprint density at radius 1 is 0.432 bits per heavy atom. The molecule has 1 aliphatic rings. The summed E-state index contributed by atoms with van der Waals surface area (Å²) in [5, 5.41) is 40.4. The highest BCUT2D eigenvalue weighted by molar-refractivity contribution is 5.69. The molecule has 0 aliphatic carbocycles. The van der Waals surface area contributed by atoms with Gasteiger partial charge in [-0.25, -0.2) is 0 Å². The first kappa shape index (κ1) is 70.2. The summed E-state index contributed by atoms with van der Waals surface area (Å²) in [5.74, 6) is -0.310. The lowest BCUT2D eigenvalue weighted by atomic mass is 9.99. The van der Waals surface area contributed by atoms with Crippen LogP contribution in [-0.2, 0) is 23.7 Å². The normalized spacial score (nSPS) is 18.8. The summed E-state index contributed by atoms with van der Waals surface area (Å²) in [6.07, 6.45) is 66.0. The third-order valence-corrected chi connectivity index (χ3v) is 14.7. The fourth-order valence-corrected chi connectivity index (χ4v) is 9.79. The van der Waals surface area contributed by atoms with Gasteiger partial charge in [0.15, 0.2) is 6.29 Å². The topological polar surface area (TPSA) is 135 Å². The Bertz CT molecular complexity index is 1280. The second-order valence-electron chi connectivity index (χ2n) is 21.9. The molecule has 0 bridgehead atoms. The summed E-state index contributed by atoms with van der Waals surface area (Å²) in [4.78, 5) is 12.9. The second kappa shape index (κ2) is 55.9. The highest BCUT2D eigenvalue weighted by Crippen LogP contribution is 2.23. The van der Waals surface area contributed by atoms with Crippen LogP contribution in [0.15, 0.2) is 48.6 Å². The number of aliphatic hydroxyl groups is 4. The van der Waals surface area contributed by atoms with Gasteiger partial charge in [-0.15, -0.1) is 0 Å². The number of unbranched alkanes of at least 4 members (excludes halogenated alkanes) is 37. The highest BCUT2D eigenvalue weighted by atomic mass is 16.7. The molecule has 0 aromatic rings. The molecule has 1 heterocycles. The molecule has 0 aromatic heterocycles. The van der Waals surface area contributed by atoms with Crippen LogP contribution in [0.5, 0.6) is 0 Å². The number of hydrogen-bond donors (Lipinski definition) is 4.